The average molecular weight is 269 g/mol. The number of nitrogens with zero attached hydrogens (tertiary/aromatic N) is 2. The van der Waals surface area contributed by atoms with Crippen molar-refractivity contribution in [1.29, 1.82) is 0 Å². The molecule has 0 bridgehead atoms. The zero-order chi connectivity index (χ0) is 13.4. The van der Waals surface area contributed by atoms with Crippen LogP contribution in [0.5, 0.6) is 0 Å². The van der Waals surface area contributed by atoms with E-state index in [1.54, 1.807) is 31.2 Å². The summed E-state index contributed by atoms with van der Waals surface area (Å²) in [6.45, 7) is 1.83. The number of halogens is 1. The SMILES string of the molecule is CCOC(=O)C(N=Nc1ccccc1)=C(O)CCl. The number of allylic oxidation sites excluding steroid dienone is 1. The first-order valence-corrected chi connectivity index (χ1v) is 5.84. The van der Waals surface area contributed by atoms with Crippen LogP contribution in [0.15, 0.2) is 52.0 Å². The van der Waals surface area contributed by atoms with Gasteiger partial charge in [-0.25, -0.2) is 4.79 Å². The Hall–Kier alpha value is -1.88. The van der Waals surface area contributed by atoms with Gasteiger partial charge in [0.15, 0.2) is 0 Å². The number of carbonyl (C=O) groups is 1. The number of azo groups is 1. The molecule has 5 nitrogen and oxygen atoms in total. The van der Waals surface area contributed by atoms with E-state index in [0.717, 1.165) is 0 Å². The largest absolute Gasteiger partial charge is 0.508 e. The van der Waals surface area contributed by atoms with Gasteiger partial charge in [-0.15, -0.1) is 16.7 Å². The summed E-state index contributed by atoms with van der Waals surface area (Å²) in [6.07, 6.45) is 0. The molecule has 0 spiro atoms. The number of ether oxygens (including phenoxy) is 1. The van der Waals surface area contributed by atoms with E-state index in [1.165, 1.54) is 0 Å². The van der Waals surface area contributed by atoms with Crippen molar-refractivity contribution in [2.45, 2.75) is 6.92 Å². The Morgan fingerprint density at radius 1 is 1.39 bits per heavy atom. The molecule has 1 N–H and O–H groups in total. The molecule has 0 unspecified atom stereocenters. The third kappa shape index (κ3) is 4.18. The molecular formula is C12H13ClN2O3. The Bertz CT molecular complexity index is 458. The fourth-order valence-corrected chi connectivity index (χ4v) is 1.21. The Morgan fingerprint density at radius 3 is 2.61 bits per heavy atom. The number of benzene rings is 1. The number of alkyl halides is 1. The molecule has 0 saturated carbocycles. The van der Waals surface area contributed by atoms with E-state index < -0.39 is 5.97 Å². The summed E-state index contributed by atoms with van der Waals surface area (Å²) in [5.74, 6) is -1.35. The highest BCUT2D eigenvalue weighted by atomic mass is 35.5. The van der Waals surface area contributed by atoms with Gasteiger partial charge in [-0.2, -0.15) is 5.11 Å². The Morgan fingerprint density at radius 2 is 2.06 bits per heavy atom. The molecule has 0 aromatic heterocycles. The van der Waals surface area contributed by atoms with Gasteiger partial charge >= 0.3 is 5.97 Å². The molecule has 1 aromatic rings. The van der Waals surface area contributed by atoms with E-state index in [-0.39, 0.29) is 23.9 Å². The number of hydrogen-bond donors (Lipinski definition) is 1. The van der Waals surface area contributed by atoms with Crippen molar-refractivity contribution in [2.75, 3.05) is 12.5 Å². The molecule has 96 valence electrons. The van der Waals surface area contributed by atoms with Crippen LogP contribution >= 0.6 is 11.6 Å². The molecule has 1 rings (SSSR count). The Kier molecular flexibility index (Phi) is 5.87. The van der Waals surface area contributed by atoms with Crippen LogP contribution in [-0.2, 0) is 9.53 Å². The van der Waals surface area contributed by atoms with Crippen LogP contribution in [0.4, 0.5) is 5.69 Å². The van der Waals surface area contributed by atoms with Crippen molar-refractivity contribution < 1.29 is 14.6 Å². The number of rotatable bonds is 5. The summed E-state index contributed by atoms with van der Waals surface area (Å²) in [5.41, 5.74) is 0.275. The van der Waals surface area contributed by atoms with Gasteiger partial charge in [0.1, 0.15) is 5.76 Å². The van der Waals surface area contributed by atoms with Crippen LogP contribution < -0.4 is 0 Å². The third-order valence-electron chi connectivity index (χ3n) is 1.89. The molecule has 0 radical (unpaired) electrons. The molecule has 0 fully saturated rings. The van der Waals surface area contributed by atoms with Crippen LogP contribution in [0, 0.1) is 0 Å². The second-order valence-electron chi connectivity index (χ2n) is 3.18. The average Bonchev–Trinajstić information content (AvgIpc) is 2.40. The molecule has 6 heteroatoms. The lowest BCUT2D eigenvalue weighted by molar-refractivity contribution is -0.138. The van der Waals surface area contributed by atoms with Crippen molar-refractivity contribution in [2.24, 2.45) is 10.2 Å². The van der Waals surface area contributed by atoms with Gasteiger partial charge in [-0.1, -0.05) is 18.2 Å². The molecule has 0 aliphatic rings. The lowest BCUT2D eigenvalue weighted by Gasteiger charge is -2.02. The van der Waals surface area contributed by atoms with Gasteiger partial charge in [-0.05, 0) is 19.1 Å². The second-order valence-corrected chi connectivity index (χ2v) is 3.45. The van der Waals surface area contributed by atoms with E-state index in [0.29, 0.717) is 5.69 Å². The van der Waals surface area contributed by atoms with Gasteiger partial charge in [0.25, 0.3) is 0 Å². The van der Waals surface area contributed by atoms with E-state index in [9.17, 15) is 9.90 Å². The van der Waals surface area contributed by atoms with E-state index in [4.69, 9.17) is 16.3 Å². The minimum atomic E-state index is -0.754. The summed E-state index contributed by atoms with van der Waals surface area (Å²) in [4.78, 5) is 11.5. The fourth-order valence-electron chi connectivity index (χ4n) is 1.08. The molecule has 1 aromatic carbocycles. The van der Waals surface area contributed by atoms with Crippen LogP contribution in [0.25, 0.3) is 0 Å². The molecule has 0 aliphatic heterocycles. The monoisotopic (exact) mass is 268 g/mol. The maximum absolute atomic E-state index is 11.5. The third-order valence-corrected chi connectivity index (χ3v) is 2.14. The zero-order valence-electron chi connectivity index (χ0n) is 9.84. The Balaban J connectivity index is 2.93. The first kappa shape index (κ1) is 14.2. The predicted octanol–water partition coefficient (Wildman–Crippen LogP) is 3.34. The van der Waals surface area contributed by atoms with Crippen LogP contribution in [0.2, 0.25) is 0 Å². The first-order valence-electron chi connectivity index (χ1n) is 5.31. The number of carbonyl (C=O) groups excluding carboxylic acids is 1. The Labute approximate surface area is 110 Å². The van der Waals surface area contributed by atoms with E-state index in [2.05, 4.69) is 10.2 Å². The maximum atomic E-state index is 11.5. The number of hydrogen-bond acceptors (Lipinski definition) is 5. The number of esters is 1. The van der Waals surface area contributed by atoms with Gasteiger partial charge in [0.05, 0.1) is 18.2 Å². The van der Waals surface area contributed by atoms with E-state index in [1.807, 2.05) is 6.07 Å². The highest BCUT2D eigenvalue weighted by molar-refractivity contribution is 6.19. The molecule has 0 aliphatic carbocycles. The zero-order valence-corrected chi connectivity index (χ0v) is 10.6. The quantitative estimate of drug-likeness (QED) is 0.293. The van der Waals surface area contributed by atoms with Gasteiger partial charge < -0.3 is 9.84 Å². The smallest absolute Gasteiger partial charge is 0.362 e. The number of aliphatic hydroxyl groups excluding tert-OH is 1. The lowest BCUT2D eigenvalue weighted by atomic mass is 10.3. The molecule has 0 atom stereocenters. The highest BCUT2D eigenvalue weighted by Crippen LogP contribution is 2.15. The predicted molar refractivity (Wildman–Crippen MR) is 68.0 cm³/mol. The minimum Gasteiger partial charge on any atom is -0.508 e. The topological polar surface area (TPSA) is 71.2 Å². The van der Waals surface area contributed by atoms with Crippen molar-refractivity contribution in [1.82, 2.24) is 0 Å². The van der Waals surface area contributed by atoms with Crippen LogP contribution in [-0.4, -0.2) is 23.6 Å². The van der Waals surface area contributed by atoms with Gasteiger partial charge in [0, 0.05) is 0 Å². The van der Waals surface area contributed by atoms with Crippen LogP contribution in [0.3, 0.4) is 0 Å². The number of aliphatic hydroxyl groups is 1. The van der Waals surface area contributed by atoms with Gasteiger partial charge in [-0.3, -0.25) is 0 Å². The summed E-state index contributed by atoms with van der Waals surface area (Å²) in [5, 5.41) is 17.0. The van der Waals surface area contributed by atoms with Crippen molar-refractivity contribution in [3.8, 4) is 0 Å². The molecule has 0 saturated heterocycles. The summed E-state index contributed by atoms with van der Waals surface area (Å²) in [7, 11) is 0. The second kappa shape index (κ2) is 7.45. The van der Waals surface area contributed by atoms with Crippen molar-refractivity contribution in [3.05, 3.63) is 41.8 Å². The molecule has 18 heavy (non-hydrogen) atoms. The maximum Gasteiger partial charge on any atom is 0.362 e. The molecule has 0 amide bonds. The standard InChI is InChI=1S/C12H13ClN2O3/c1-2-18-12(17)11(10(16)8-13)15-14-9-6-4-3-5-7-9/h3-7,16H,2,8H2,1H3. The van der Waals surface area contributed by atoms with E-state index >= 15 is 0 Å². The summed E-state index contributed by atoms with van der Waals surface area (Å²) < 4.78 is 4.75. The molecule has 0 heterocycles. The minimum absolute atomic E-state index is 0.179. The van der Waals surface area contributed by atoms with Crippen molar-refractivity contribution in [3.63, 3.8) is 0 Å². The lowest BCUT2D eigenvalue weighted by Crippen LogP contribution is -2.09. The first-order chi connectivity index (χ1) is 8.69. The highest BCUT2D eigenvalue weighted by Gasteiger charge is 2.15. The fraction of sp³-hybridized carbons (Fsp3) is 0.250. The summed E-state index contributed by atoms with van der Waals surface area (Å²) >= 11 is 5.46. The summed E-state index contributed by atoms with van der Waals surface area (Å²) in [6, 6.07) is 8.82. The van der Waals surface area contributed by atoms with Crippen LogP contribution in [0.1, 0.15) is 6.92 Å². The van der Waals surface area contributed by atoms with Crippen molar-refractivity contribution >= 4 is 23.3 Å². The normalized spacial score (nSPS) is 12.3. The van der Waals surface area contributed by atoms with Gasteiger partial charge in [0.2, 0.25) is 5.70 Å². The molecular weight excluding hydrogens is 256 g/mol.